The van der Waals surface area contributed by atoms with E-state index >= 15 is 0 Å². The smallest absolute Gasteiger partial charge is 0.335 e. The average molecular weight is 258 g/mol. The maximum atomic E-state index is 10.8. The number of aromatic nitrogens is 1. The number of carbonyl (C=O) groups is 1. The summed E-state index contributed by atoms with van der Waals surface area (Å²) in [4.78, 5) is 10.8. The van der Waals surface area contributed by atoms with E-state index in [0.29, 0.717) is 5.56 Å². The van der Waals surface area contributed by atoms with Gasteiger partial charge in [-0.25, -0.2) is 4.79 Å². The Labute approximate surface area is 112 Å². The lowest BCUT2D eigenvalue weighted by Gasteiger charge is -2.04. The second-order valence-corrected chi connectivity index (χ2v) is 4.47. The zero-order valence-electron chi connectivity index (χ0n) is 11.0. The highest BCUT2D eigenvalue weighted by molar-refractivity contribution is 5.87. The van der Waals surface area contributed by atoms with Gasteiger partial charge < -0.3 is 15.0 Å². The first kappa shape index (κ1) is 13.4. The number of benzene rings is 1. The van der Waals surface area contributed by atoms with Gasteiger partial charge in [-0.2, -0.15) is 0 Å². The summed E-state index contributed by atoms with van der Waals surface area (Å²) in [7, 11) is 0. The predicted molar refractivity (Wildman–Crippen MR) is 74.3 cm³/mol. The quantitative estimate of drug-likeness (QED) is 0.836. The molecule has 2 aromatic rings. The first-order chi connectivity index (χ1) is 9.19. The lowest BCUT2D eigenvalue weighted by Crippen LogP contribution is -2.11. The number of hydrogen-bond donors (Lipinski definition) is 2. The van der Waals surface area contributed by atoms with E-state index in [0.717, 1.165) is 25.2 Å². The van der Waals surface area contributed by atoms with Crippen molar-refractivity contribution in [1.82, 2.24) is 9.88 Å². The van der Waals surface area contributed by atoms with Gasteiger partial charge in [0, 0.05) is 25.5 Å². The summed E-state index contributed by atoms with van der Waals surface area (Å²) >= 11 is 0. The Kier molecular flexibility index (Phi) is 4.36. The molecule has 4 heteroatoms. The van der Waals surface area contributed by atoms with Gasteiger partial charge >= 0.3 is 5.97 Å². The Morgan fingerprint density at radius 2 is 1.95 bits per heavy atom. The molecule has 0 radical (unpaired) electrons. The number of hydrogen-bond acceptors (Lipinski definition) is 2. The Morgan fingerprint density at radius 3 is 2.58 bits per heavy atom. The fourth-order valence-corrected chi connectivity index (χ4v) is 1.93. The van der Waals surface area contributed by atoms with Crippen molar-refractivity contribution in [3.63, 3.8) is 0 Å². The topological polar surface area (TPSA) is 54.3 Å². The van der Waals surface area contributed by atoms with Crippen LogP contribution >= 0.6 is 0 Å². The lowest BCUT2D eigenvalue weighted by molar-refractivity contribution is 0.0697. The van der Waals surface area contributed by atoms with Gasteiger partial charge in [0.15, 0.2) is 0 Å². The maximum absolute atomic E-state index is 10.8. The summed E-state index contributed by atoms with van der Waals surface area (Å²) in [6.07, 6.45) is 4.14. The summed E-state index contributed by atoms with van der Waals surface area (Å²) in [5, 5.41) is 12.1. The Bertz CT molecular complexity index is 544. The summed E-state index contributed by atoms with van der Waals surface area (Å²) in [5.41, 5.74) is 2.67. The minimum Gasteiger partial charge on any atom is -0.478 e. The monoisotopic (exact) mass is 258 g/mol. The van der Waals surface area contributed by atoms with E-state index < -0.39 is 5.97 Å². The molecule has 4 nitrogen and oxygen atoms in total. The van der Waals surface area contributed by atoms with Gasteiger partial charge in [-0.05, 0) is 35.9 Å². The minimum atomic E-state index is -0.888. The minimum absolute atomic E-state index is 0.323. The number of carboxylic acids is 1. The molecule has 1 aromatic carbocycles. The Morgan fingerprint density at radius 1 is 1.21 bits per heavy atom. The Hall–Kier alpha value is -2.07. The highest BCUT2D eigenvalue weighted by Gasteiger charge is 2.02. The summed E-state index contributed by atoms with van der Waals surface area (Å²) in [5.74, 6) is -0.888. The molecule has 0 fully saturated rings. The average Bonchev–Trinajstić information content (AvgIpc) is 2.84. The largest absolute Gasteiger partial charge is 0.478 e. The molecule has 0 aliphatic carbocycles. The maximum Gasteiger partial charge on any atom is 0.335 e. The summed E-state index contributed by atoms with van der Waals surface area (Å²) in [6.45, 7) is 4.68. The third-order valence-electron chi connectivity index (χ3n) is 2.96. The molecule has 0 saturated heterocycles. The third kappa shape index (κ3) is 3.69. The Balaban J connectivity index is 2.00. The molecule has 0 saturated carbocycles. The molecule has 1 aromatic heterocycles. The van der Waals surface area contributed by atoms with E-state index in [9.17, 15) is 4.79 Å². The number of carboxylic acid groups (broad SMARTS) is 1. The molecule has 2 N–H and O–H groups in total. The van der Waals surface area contributed by atoms with E-state index in [1.165, 1.54) is 5.56 Å². The van der Waals surface area contributed by atoms with Crippen LogP contribution in [0.5, 0.6) is 0 Å². The zero-order valence-corrected chi connectivity index (χ0v) is 11.0. The van der Waals surface area contributed by atoms with Crippen molar-refractivity contribution in [3.05, 3.63) is 59.4 Å². The highest BCUT2D eigenvalue weighted by Crippen LogP contribution is 2.08. The van der Waals surface area contributed by atoms with Crippen LogP contribution in [0.25, 0.3) is 0 Å². The van der Waals surface area contributed by atoms with Crippen LogP contribution in [0, 0.1) is 0 Å². The van der Waals surface area contributed by atoms with Crippen molar-refractivity contribution < 1.29 is 9.90 Å². The van der Waals surface area contributed by atoms with E-state index in [4.69, 9.17) is 5.11 Å². The summed E-state index contributed by atoms with van der Waals surface area (Å²) < 4.78 is 2.10. The molecule has 0 atom stereocenters. The van der Waals surface area contributed by atoms with Crippen molar-refractivity contribution in [1.29, 1.82) is 0 Å². The number of nitrogens with zero attached hydrogens (tertiary/aromatic N) is 1. The van der Waals surface area contributed by atoms with Crippen LogP contribution in [-0.2, 0) is 13.1 Å². The van der Waals surface area contributed by atoms with Gasteiger partial charge in [0.2, 0.25) is 0 Å². The number of nitrogens with one attached hydrogen (secondary N) is 1. The second kappa shape index (κ2) is 6.20. The fourth-order valence-electron chi connectivity index (χ4n) is 1.93. The SMILES string of the molecule is CCNCc1ccn(Cc2ccc(C(=O)O)cc2)c1. The van der Waals surface area contributed by atoms with E-state index in [-0.39, 0.29) is 0 Å². The standard InChI is InChI=1S/C15H18N2O2/c1-2-16-9-13-7-8-17(11-13)10-12-3-5-14(6-4-12)15(18)19/h3-8,11,16H,2,9-10H2,1H3,(H,18,19). The summed E-state index contributed by atoms with van der Waals surface area (Å²) in [6, 6.07) is 9.08. The molecule has 100 valence electrons. The molecular formula is C15H18N2O2. The van der Waals surface area contributed by atoms with Crippen LogP contribution in [0.1, 0.15) is 28.4 Å². The van der Waals surface area contributed by atoms with Gasteiger partial charge in [-0.3, -0.25) is 0 Å². The van der Waals surface area contributed by atoms with Gasteiger partial charge in [0.05, 0.1) is 5.56 Å². The van der Waals surface area contributed by atoms with Crippen molar-refractivity contribution >= 4 is 5.97 Å². The van der Waals surface area contributed by atoms with Crippen LogP contribution in [0.4, 0.5) is 0 Å². The molecule has 1 heterocycles. The van der Waals surface area contributed by atoms with Crippen LogP contribution in [0.15, 0.2) is 42.7 Å². The second-order valence-electron chi connectivity index (χ2n) is 4.47. The number of rotatable bonds is 6. The molecule has 0 unspecified atom stereocenters. The van der Waals surface area contributed by atoms with Crippen molar-refractivity contribution in [2.75, 3.05) is 6.54 Å². The predicted octanol–water partition coefficient (Wildman–Crippen LogP) is 2.34. The van der Waals surface area contributed by atoms with Crippen LogP contribution in [0.3, 0.4) is 0 Å². The third-order valence-corrected chi connectivity index (χ3v) is 2.96. The highest BCUT2D eigenvalue weighted by atomic mass is 16.4. The first-order valence-corrected chi connectivity index (χ1v) is 6.36. The lowest BCUT2D eigenvalue weighted by atomic mass is 10.1. The molecule has 0 bridgehead atoms. The van der Waals surface area contributed by atoms with E-state index in [1.807, 2.05) is 18.3 Å². The van der Waals surface area contributed by atoms with Gasteiger partial charge in [-0.1, -0.05) is 19.1 Å². The molecule has 0 aliphatic heterocycles. The van der Waals surface area contributed by atoms with Crippen LogP contribution in [0.2, 0.25) is 0 Å². The van der Waals surface area contributed by atoms with Gasteiger partial charge in [0.1, 0.15) is 0 Å². The van der Waals surface area contributed by atoms with Crippen LogP contribution in [-0.4, -0.2) is 22.2 Å². The fraction of sp³-hybridized carbons (Fsp3) is 0.267. The molecule has 0 amide bonds. The zero-order chi connectivity index (χ0) is 13.7. The molecule has 0 aliphatic rings. The van der Waals surface area contributed by atoms with Gasteiger partial charge in [-0.15, -0.1) is 0 Å². The van der Waals surface area contributed by atoms with Crippen molar-refractivity contribution in [2.45, 2.75) is 20.0 Å². The van der Waals surface area contributed by atoms with E-state index in [2.05, 4.69) is 29.1 Å². The molecular weight excluding hydrogens is 240 g/mol. The van der Waals surface area contributed by atoms with Crippen molar-refractivity contribution in [3.8, 4) is 0 Å². The van der Waals surface area contributed by atoms with Crippen molar-refractivity contribution in [2.24, 2.45) is 0 Å². The normalized spacial score (nSPS) is 10.6. The molecule has 19 heavy (non-hydrogen) atoms. The van der Waals surface area contributed by atoms with E-state index in [1.54, 1.807) is 12.1 Å². The van der Waals surface area contributed by atoms with Gasteiger partial charge in [0.25, 0.3) is 0 Å². The molecule has 0 spiro atoms. The molecule has 2 rings (SSSR count). The first-order valence-electron chi connectivity index (χ1n) is 6.36. The number of aromatic carboxylic acids is 1. The van der Waals surface area contributed by atoms with Crippen LogP contribution < -0.4 is 5.32 Å².